The second kappa shape index (κ2) is 6.28. The van der Waals surface area contributed by atoms with Gasteiger partial charge >= 0.3 is 11.9 Å². The number of esters is 2. The molecule has 0 radical (unpaired) electrons. The molecule has 0 amide bonds. The predicted octanol–water partition coefficient (Wildman–Crippen LogP) is 3.33. The summed E-state index contributed by atoms with van der Waals surface area (Å²) in [6.07, 6.45) is 4.26. The van der Waals surface area contributed by atoms with Crippen molar-refractivity contribution in [3.63, 3.8) is 0 Å². The molecule has 1 aliphatic rings. The summed E-state index contributed by atoms with van der Waals surface area (Å²) >= 11 is 0. The van der Waals surface area contributed by atoms with Crippen molar-refractivity contribution in [3.8, 4) is 0 Å². The molecule has 5 heteroatoms. The maximum absolute atomic E-state index is 11.9. The van der Waals surface area contributed by atoms with Crippen molar-refractivity contribution < 1.29 is 23.5 Å². The van der Waals surface area contributed by atoms with Gasteiger partial charge in [-0.3, -0.25) is 9.59 Å². The Morgan fingerprint density at radius 1 is 1.26 bits per heavy atom. The maximum Gasteiger partial charge on any atom is 0.312 e. The second-order valence-electron chi connectivity index (χ2n) is 5.67. The van der Waals surface area contributed by atoms with Crippen LogP contribution in [0.5, 0.6) is 0 Å². The number of carbonyl (C=O) groups is 2. The highest BCUT2D eigenvalue weighted by Gasteiger charge is 2.30. The van der Waals surface area contributed by atoms with Gasteiger partial charge in [0.2, 0.25) is 0 Å². The van der Waals surface area contributed by atoms with Gasteiger partial charge in [-0.1, -0.05) is 12.1 Å². The molecule has 0 aliphatic heterocycles. The van der Waals surface area contributed by atoms with Crippen LogP contribution in [0.3, 0.4) is 0 Å². The minimum Gasteiger partial charge on any atom is -0.469 e. The number of fused-ring (bicyclic) bond motifs is 1. The molecule has 0 unspecified atom stereocenters. The largest absolute Gasteiger partial charge is 0.469 e. The summed E-state index contributed by atoms with van der Waals surface area (Å²) in [6.45, 7) is 1.38. The van der Waals surface area contributed by atoms with Crippen molar-refractivity contribution in [2.75, 3.05) is 7.11 Å². The Kier molecular flexibility index (Phi) is 4.19. The molecule has 120 valence electrons. The molecule has 3 rings (SSSR count). The second-order valence-corrected chi connectivity index (χ2v) is 5.67. The first-order valence-corrected chi connectivity index (χ1v) is 7.50. The van der Waals surface area contributed by atoms with Crippen LogP contribution in [0.15, 0.2) is 41.0 Å². The molecule has 2 aromatic rings. The molecule has 5 nitrogen and oxygen atoms in total. The molecule has 1 heterocycles. The van der Waals surface area contributed by atoms with Crippen LogP contribution < -0.4 is 0 Å². The molecule has 1 aromatic heterocycles. The highest BCUT2D eigenvalue weighted by molar-refractivity contribution is 5.85. The predicted molar refractivity (Wildman–Crippen MR) is 84.5 cm³/mol. The third-order valence-electron chi connectivity index (χ3n) is 4.03. The standard InChI is InChI=1S/C18H18O5/c1-11(19)23-16-9-14(8-15(10-16)18(20)21-2)12-3-4-17-13(7-12)5-6-22-17/h3-8,15-16H,9-10H2,1-2H3/t15-,16+/m1/s1. The van der Waals surface area contributed by atoms with E-state index in [4.69, 9.17) is 13.9 Å². The number of hydrogen-bond donors (Lipinski definition) is 0. The fourth-order valence-corrected chi connectivity index (χ4v) is 3.01. The van der Waals surface area contributed by atoms with Gasteiger partial charge in [0.15, 0.2) is 0 Å². The Balaban J connectivity index is 1.94. The molecule has 0 fully saturated rings. The minimum absolute atomic E-state index is 0.316. The Morgan fingerprint density at radius 3 is 2.83 bits per heavy atom. The van der Waals surface area contributed by atoms with Gasteiger partial charge in [0, 0.05) is 25.2 Å². The lowest BCUT2D eigenvalue weighted by Gasteiger charge is -2.27. The Labute approximate surface area is 133 Å². The van der Waals surface area contributed by atoms with Crippen molar-refractivity contribution >= 4 is 28.5 Å². The van der Waals surface area contributed by atoms with Gasteiger partial charge in [-0.25, -0.2) is 0 Å². The van der Waals surface area contributed by atoms with Gasteiger partial charge in [-0.15, -0.1) is 0 Å². The zero-order valence-electron chi connectivity index (χ0n) is 13.1. The molecular weight excluding hydrogens is 296 g/mol. The normalized spacial score (nSPS) is 20.9. The molecule has 0 N–H and O–H groups in total. The van der Waals surface area contributed by atoms with Gasteiger partial charge in [-0.05, 0) is 29.3 Å². The summed E-state index contributed by atoms with van der Waals surface area (Å²) in [7, 11) is 1.36. The third-order valence-corrected chi connectivity index (χ3v) is 4.03. The summed E-state index contributed by atoms with van der Waals surface area (Å²) in [6, 6.07) is 7.75. The van der Waals surface area contributed by atoms with Crippen LogP contribution in [0.2, 0.25) is 0 Å². The highest BCUT2D eigenvalue weighted by atomic mass is 16.5. The van der Waals surface area contributed by atoms with E-state index < -0.39 is 5.92 Å². The zero-order valence-corrected chi connectivity index (χ0v) is 13.1. The van der Waals surface area contributed by atoms with E-state index in [1.54, 1.807) is 6.26 Å². The number of benzene rings is 1. The van der Waals surface area contributed by atoms with E-state index >= 15 is 0 Å². The van der Waals surface area contributed by atoms with E-state index in [0.29, 0.717) is 12.8 Å². The van der Waals surface area contributed by atoms with Gasteiger partial charge in [0.05, 0.1) is 19.3 Å². The monoisotopic (exact) mass is 314 g/mol. The van der Waals surface area contributed by atoms with Crippen molar-refractivity contribution in [1.29, 1.82) is 0 Å². The molecule has 1 aliphatic carbocycles. The third kappa shape index (κ3) is 3.28. The van der Waals surface area contributed by atoms with E-state index in [1.165, 1.54) is 14.0 Å². The zero-order chi connectivity index (χ0) is 16.4. The van der Waals surface area contributed by atoms with Crippen molar-refractivity contribution in [2.24, 2.45) is 5.92 Å². The van der Waals surface area contributed by atoms with Crippen LogP contribution in [-0.4, -0.2) is 25.2 Å². The van der Waals surface area contributed by atoms with E-state index in [0.717, 1.165) is 22.1 Å². The van der Waals surface area contributed by atoms with Gasteiger partial charge in [0.1, 0.15) is 11.7 Å². The molecule has 2 atom stereocenters. The van der Waals surface area contributed by atoms with Crippen molar-refractivity contribution in [2.45, 2.75) is 25.9 Å². The summed E-state index contributed by atoms with van der Waals surface area (Å²) in [5.74, 6) is -1.07. The molecule has 0 bridgehead atoms. The number of furan rings is 1. The summed E-state index contributed by atoms with van der Waals surface area (Å²) in [5.41, 5.74) is 2.77. The van der Waals surface area contributed by atoms with Crippen LogP contribution in [-0.2, 0) is 19.1 Å². The average Bonchev–Trinajstić information content (AvgIpc) is 3.00. The molecular formula is C18H18O5. The number of ether oxygens (including phenoxy) is 2. The quantitative estimate of drug-likeness (QED) is 0.813. The SMILES string of the molecule is COC(=O)[C@@H]1C=C(c2ccc3occc3c2)C[C@H](OC(C)=O)C1. The van der Waals surface area contributed by atoms with Crippen LogP contribution in [0.4, 0.5) is 0 Å². The molecule has 0 saturated carbocycles. The van der Waals surface area contributed by atoms with Crippen LogP contribution in [0, 0.1) is 5.92 Å². The first-order chi connectivity index (χ1) is 11.1. The van der Waals surface area contributed by atoms with Crippen molar-refractivity contribution in [1.82, 2.24) is 0 Å². The lowest BCUT2D eigenvalue weighted by Crippen LogP contribution is -2.28. The first kappa shape index (κ1) is 15.3. The summed E-state index contributed by atoms with van der Waals surface area (Å²) in [5, 5.41) is 0.993. The molecule has 0 spiro atoms. The Morgan fingerprint density at radius 2 is 2.09 bits per heavy atom. The van der Waals surface area contributed by atoms with Crippen LogP contribution >= 0.6 is 0 Å². The molecule has 0 saturated heterocycles. The maximum atomic E-state index is 11.9. The lowest BCUT2D eigenvalue weighted by atomic mass is 9.85. The minimum atomic E-state index is -0.409. The van der Waals surface area contributed by atoms with E-state index in [-0.39, 0.29) is 18.0 Å². The average molecular weight is 314 g/mol. The van der Waals surface area contributed by atoms with Crippen LogP contribution in [0.25, 0.3) is 16.5 Å². The number of hydrogen-bond acceptors (Lipinski definition) is 5. The lowest BCUT2D eigenvalue weighted by molar-refractivity contribution is -0.151. The van der Waals surface area contributed by atoms with Gasteiger partial charge < -0.3 is 13.9 Å². The smallest absolute Gasteiger partial charge is 0.312 e. The van der Waals surface area contributed by atoms with E-state index in [9.17, 15) is 9.59 Å². The summed E-state index contributed by atoms with van der Waals surface area (Å²) in [4.78, 5) is 23.2. The topological polar surface area (TPSA) is 65.7 Å². The van der Waals surface area contributed by atoms with Gasteiger partial charge in [0.25, 0.3) is 0 Å². The van der Waals surface area contributed by atoms with E-state index in [2.05, 4.69) is 0 Å². The highest BCUT2D eigenvalue weighted by Crippen LogP contribution is 2.34. The Bertz CT molecular complexity index is 771. The number of methoxy groups -OCH3 is 1. The molecule has 1 aromatic carbocycles. The first-order valence-electron chi connectivity index (χ1n) is 7.50. The van der Waals surface area contributed by atoms with E-state index in [1.807, 2.05) is 30.3 Å². The fraction of sp³-hybridized carbons (Fsp3) is 0.333. The Hall–Kier alpha value is -2.56. The number of carbonyl (C=O) groups excluding carboxylic acids is 2. The fourth-order valence-electron chi connectivity index (χ4n) is 3.01. The van der Waals surface area contributed by atoms with Crippen LogP contribution in [0.1, 0.15) is 25.3 Å². The molecule has 23 heavy (non-hydrogen) atoms. The summed E-state index contributed by atoms with van der Waals surface area (Å²) < 4.78 is 15.5. The van der Waals surface area contributed by atoms with Gasteiger partial charge in [-0.2, -0.15) is 0 Å². The van der Waals surface area contributed by atoms with Crippen molar-refractivity contribution in [3.05, 3.63) is 42.2 Å². The number of rotatable bonds is 3.